The zero-order valence-corrected chi connectivity index (χ0v) is 11.9. The number of hydrogen-bond acceptors (Lipinski definition) is 2. The fraction of sp³-hybridized carbons (Fsp3) is 0.333. The molecule has 1 aromatic rings. The third-order valence-corrected chi connectivity index (χ3v) is 3.89. The van der Waals surface area contributed by atoms with Crippen LogP contribution in [0.5, 0.6) is 0 Å². The predicted octanol–water partition coefficient (Wildman–Crippen LogP) is 2.67. The molecule has 0 bridgehead atoms. The van der Waals surface area contributed by atoms with E-state index in [2.05, 4.69) is 0 Å². The van der Waals surface area contributed by atoms with Gasteiger partial charge in [0.05, 0.1) is 0 Å². The Labute approximate surface area is 122 Å². The van der Waals surface area contributed by atoms with Crippen LogP contribution in [0.2, 0.25) is 5.02 Å². The highest BCUT2D eigenvalue weighted by atomic mass is 35.5. The number of rotatable bonds is 3. The van der Waals surface area contributed by atoms with Crippen molar-refractivity contribution in [2.75, 3.05) is 6.54 Å². The summed E-state index contributed by atoms with van der Waals surface area (Å²) in [6.07, 6.45) is 3.71. The molecule has 4 nitrogen and oxygen atoms in total. The molecule has 0 saturated carbocycles. The van der Waals surface area contributed by atoms with Crippen molar-refractivity contribution < 1.29 is 14.7 Å². The summed E-state index contributed by atoms with van der Waals surface area (Å²) in [4.78, 5) is 24.7. The summed E-state index contributed by atoms with van der Waals surface area (Å²) in [6, 6.07) is 6.44. The largest absolute Gasteiger partial charge is 0.480 e. The lowest BCUT2D eigenvalue weighted by atomic mass is 10.0. The van der Waals surface area contributed by atoms with Crippen molar-refractivity contribution in [2.24, 2.45) is 5.92 Å². The van der Waals surface area contributed by atoms with Gasteiger partial charge in [-0.2, -0.15) is 0 Å². The highest BCUT2D eigenvalue weighted by molar-refractivity contribution is 6.32. The van der Waals surface area contributed by atoms with E-state index in [9.17, 15) is 14.7 Å². The second-order valence-electron chi connectivity index (χ2n) is 4.94. The van der Waals surface area contributed by atoms with Crippen molar-refractivity contribution in [2.45, 2.75) is 19.4 Å². The maximum absolute atomic E-state index is 12.1. The fourth-order valence-electron chi connectivity index (χ4n) is 2.44. The summed E-state index contributed by atoms with van der Waals surface area (Å²) in [5, 5.41) is 9.75. The molecule has 0 aliphatic carbocycles. The summed E-state index contributed by atoms with van der Waals surface area (Å²) >= 11 is 6.00. The summed E-state index contributed by atoms with van der Waals surface area (Å²) in [6.45, 7) is 2.33. The van der Waals surface area contributed by atoms with Crippen LogP contribution in [-0.2, 0) is 9.59 Å². The molecule has 0 aromatic heterocycles. The Morgan fingerprint density at radius 3 is 2.75 bits per heavy atom. The number of aliphatic carboxylic acids is 1. The number of carboxylic acids is 1. The number of carbonyl (C=O) groups excluding carboxylic acids is 1. The fourth-order valence-corrected chi connectivity index (χ4v) is 2.64. The predicted molar refractivity (Wildman–Crippen MR) is 77.4 cm³/mol. The summed E-state index contributed by atoms with van der Waals surface area (Å²) < 4.78 is 0. The van der Waals surface area contributed by atoms with Gasteiger partial charge in [-0.05, 0) is 30.0 Å². The van der Waals surface area contributed by atoms with Crippen molar-refractivity contribution in [1.29, 1.82) is 0 Å². The third kappa shape index (κ3) is 3.02. The topological polar surface area (TPSA) is 57.6 Å². The smallest absolute Gasteiger partial charge is 0.326 e. The molecule has 1 aliphatic rings. The Morgan fingerprint density at radius 1 is 1.40 bits per heavy atom. The summed E-state index contributed by atoms with van der Waals surface area (Å²) in [5.41, 5.74) is 0.738. The van der Waals surface area contributed by atoms with Gasteiger partial charge in [-0.15, -0.1) is 0 Å². The van der Waals surface area contributed by atoms with Gasteiger partial charge in [0, 0.05) is 17.6 Å². The van der Waals surface area contributed by atoms with E-state index in [0.717, 1.165) is 5.56 Å². The second kappa shape index (κ2) is 6.09. The maximum Gasteiger partial charge on any atom is 0.326 e. The second-order valence-corrected chi connectivity index (χ2v) is 5.34. The first-order valence-corrected chi connectivity index (χ1v) is 6.84. The van der Waals surface area contributed by atoms with Gasteiger partial charge in [-0.3, -0.25) is 4.79 Å². The van der Waals surface area contributed by atoms with Gasteiger partial charge in [-0.25, -0.2) is 4.79 Å². The van der Waals surface area contributed by atoms with E-state index in [1.807, 2.05) is 19.1 Å². The Hall–Kier alpha value is -1.81. The zero-order valence-electron chi connectivity index (χ0n) is 11.1. The lowest BCUT2D eigenvalue weighted by molar-refractivity contribution is -0.147. The van der Waals surface area contributed by atoms with E-state index in [4.69, 9.17) is 11.6 Å². The van der Waals surface area contributed by atoms with Crippen molar-refractivity contribution in [3.05, 3.63) is 40.9 Å². The van der Waals surface area contributed by atoms with Crippen molar-refractivity contribution in [1.82, 2.24) is 4.90 Å². The Balaban J connectivity index is 2.12. The van der Waals surface area contributed by atoms with Crippen LogP contribution >= 0.6 is 11.6 Å². The Bertz CT molecular complexity index is 556. The number of carboxylic acid groups (broad SMARTS) is 1. The molecule has 1 aliphatic heterocycles. The molecule has 5 heteroatoms. The van der Waals surface area contributed by atoms with Crippen LogP contribution in [0.1, 0.15) is 18.9 Å². The van der Waals surface area contributed by atoms with Crippen LogP contribution in [0, 0.1) is 5.92 Å². The third-order valence-electron chi connectivity index (χ3n) is 3.55. The van der Waals surface area contributed by atoms with E-state index >= 15 is 0 Å². The van der Waals surface area contributed by atoms with Crippen LogP contribution in [0.15, 0.2) is 30.3 Å². The minimum Gasteiger partial charge on any atom is -0.480 e. The van der Waals surface area contributed by atoms with E-state index in [-0.39, 0.29) is 11.8 Å². The van der Waals surface area contributed by atoms with Gasteiger partial charge in [-0.1, -0.05) is 36.7 Å². The summed E-state index contributed by atoms with van der Waals surface area (Å²) in [5.74, 6) is -1.26. The van der Waals surface area contributed by atoms with Crippen molar-refractivity contribution >= 4 is 29.6 Å². The molecule has 1 aromatic carbocycles. The lowest BCUT2D eigenvalue weighted by Crippen LogP contribution is -2.42. The molecule has 1 heterocycles. The highest BCUT2D eigenvalue weighted by Crippen LogP contribution is 2.25. The molecular formula is C15H16ClNO3. The molecular weight excluding hydrogens is 278 g/mol. The van der Waals surface area contributed by atoms with Gasteiger partial charge in [0.2, 0.25) is 5.91 Å². The van der Waals surface area contributed by atoms with Crippen LogP contribution in [-0.4, -0.2) is 34.5 Å². The molecule has 1 saturated heterocycles. The molecule has 1 N–H and O–H groups in total. The van der Waals surface area contributed by atoms with E-state index < -0.39 is 12.0 Å². The normalized spacial score (nSPS) is 22.4. The van der Waals surface area contributed by atoms with Gasteiger partial charge in [0.15, 0.2) is 0 Å². The van der Waals surface area contributed by atoms with E-state index in [1.165, 1.54) is 11.0 Å². The highest BCUT2D eigenvalue weighted by Gasteiger charge is 2.38. The first-order chi connectivity index (χ1) is 9.50. The number of benzene rings is 1. The summed E-state index contributed by atoms with van der Waals surface area (Å²) in [7, 11) is 0. The van der Waals surface area contributed by atoms with Gasteiger partial charge in [0.25, 0.3) is 0 Å². The number of nitrogens with zero attached hydrogens (tertiary/aromatic N) is 1. The molecule has 1 fully saturated rings. The lowest BCUT2D eigenvalue weighted by Gasteiger charge is -2.21. The number of likely N-dealkylation sites (tertiary alicyclic amines) is 1. The van der Waals surface area contributed by atoms with E-state index in [0.29, 0.717) is 18.0 Å². The quantitative estimate of drug-likeness (QED) is 0.872. The first-order valence-electron chi connectivity index (χ1n) is 6.46. The monoisotopic (exact) mass is 293 g/mol. The van der Waals surface area contributed by atoms with Crippen LogP contribution in [0.4, 0.5) is 0 Å². The molecule has 0 radical (unpaired) electrons. The van der Waals surface area contributed by atoms with Gasteiger partial charge < -0.3 is 10.0 Å². The van der Waals surface area contributed by atoms with Gasteiger partial charge in [0.1, 0.15) is 6.04 Å². The average molecular weight is 294 g/mol. The van der Waals surface area contributed by atoms with Crippen LogP contribution < -0.4 is 0 Å². The molecule has 0 spiro atoms. The number of carbonyl (C=O) groups is 2. The number of hydrogen-bond donors (Lipinski definition) is 1. The van der Waals surface area contributed by atoms with Crippen molar-refractivity contribution in [3.8, 4) is 0 Å². The average Bonchev–Trinajstić information content (AvgIpc) is 2.79. The molecule has 106 valence electrons. The minimum absolute atomic E-state index is 0.0230. The maximum atomic E-state index is 12.1. The molecule has 1 amide bonds. The first kappa shape index (κ1) is 14.6. The molecule has 2 rings (SSSR count). The Kier molecular flexibility index (Phi) is 4.45. The van der Waals surface area contributed by atoms with Gasteiger partial charge >= 0.3 is 5.97 Å². The van der Waals surface area contributed by atoms with Crippen molar-refractivity contribution in [3.63, 3.8) is 0 Å². The SMILES string of the molecule is CC1CCN(C(=O)/C=C/c2ccccc2Cl)C1C(=O)O. The number of amides is 1. The Morgan fingerprint density at radius 2 is 2.10 bits per heavy atom. The van der Waals surface area contributed by atoms with E-state index in [1.54, 1.807) is 18.2 Å². The molecule has 2 unspecified atom stereocenters. The van der Waals surface area contributed by atoms with Crippen LogP contribution in [0.3, 0.4) is 0 Å². The molecule has 2 atom stereocenters. The molecule has 20 heavy (non-hydrogen) atoms. The number of halogens is 1. The standard InChI is InChI=1S/C15H16ClNO3/c1-10-8-9-17(14(10)15(19)20)13(18)7-6-11-4-2-3-5-12(11)16/h2-7,10,14H,8-9H2,1H3,(H,19,20)/b7-6+. The zero-order chi connectivity index (χ0) is 14.7. The minimum atomic E-state index is -0.950. The van der Waals surface area contributed by atoms with Crippen LogP contribution in [0.25, 0.3) is 6.08 Å².